The number of halogens is 4. The molecule has 0 N–H and O–H groups in total. The van der Waals surface area contributed by atoms with Crippen LogP contribution >= 0.6 is 0 Å². The molecule has 1 amide bonds. The van der Waals surface area contributed by atoms with Gasteiger partial charge in [-0.3, -0.25) is 4.79 Å². The molecule has 0 radical (unpaired) electrons. The number of rotatable bonds is 8. The lowest BCUT2D eigenvalue weighted by Gasteiger charge is -2.23. The smallest absolute Gasteiger partial charge is 0.383 e. The van der Waals surface area contributed by atoms with Gasteiger partial charge in [0.15, 0.2) is 0 Å². The van der Waals surface area contributed by atoms with E-state index in [1.807, 2.05) is 0 Å². The van der Waals surface area contributed by atoms with E-state index in [0.29, 0.717) is 11.4 Å². The molecule has 1 aromatic heterocycles. The molecule has 0 aliphatic carbocycles. The molecule has 0 atom stereocenters. The van der Waals surface area contributed by atoms with E-state index in [4.69, 9.17) is 4.74 Å². The highest BCUT2D eigenvalue weighted by molar-refractivity contribution is 5.94. The number of methoxy groups -OCH3 is 1. The van der Waals surface area contributed by atoms with Gasteiger partial charge in [0.05, 0.1) is 18.7 Å². The van der Waals surface area contributed by atoms with Gasteiger partial charge in [0.1, 0.15) is 11.6 Å². The molecule has 2 aromatic carbocycles. The van der Waals surface area contributed by atoms with Crippen LogP contribution in [0.5, 0.6) is 0 Å². The zero-order chi connectivity index (χ0) is 22.4. The highest BCUT2D eigenvalue weighted by atomic mass is 19.4. The first-order valence-electron chi connectivity index (χ1n) is 9.48. The second kappa shape index (κ2) is 9.74. The van der Waals surface area contributed by atoms with Gasteiger partial charge in [-0.2, -0.15) is 13.2 Å². The molecule has 31 heavy (non-hydrogen) atoms. The van der Waals surface area contributed by atoms with Crippen LogP contribution in [0.1, 0.15) is 27.3 Å². The molecule has 0 bridgehead atoms. The minimum absolute atomic E-state index is 0.0880. The summed E-state index contributed by atoms with van der Waals surface area (Å²) >= 11 is 0. The summed E-state index contributed by atoms with van der Waals surface area (Å²) in [7, 11) is 1.50. The third-order valence-corrected chi connectivity index (χ3v) is 4.67. The van der Waals surface area contributed by atoms with Crippen LogP contribution in [0.15, 0.2) is 60.9 Å². The number of benzene rings is 2. The summed E-state index contributed by atoms with van der Waals surface area (Å²) in [5, 5.41) is 0. The van der Waals surface area contributed by atoms with Gasteiger partial charge < -0.3 is 14.2 Å². The maximum absolute atomic E-state index is 13.6. The average Bonchev–Trinajstić information content (AvgIpc) is 3.16. The Morgan fingerprint density at radius 1 is 1.16 bits per heavy atom. The standard InChI is InChI=1S/C22H21F4N3O2/c1-31-11-10-29(21(30)17-5-3-7-19(23)13-17)15-20-27-8-9-28(20)14-16-4-2-6-18(12-16)22(24,25)26/h2-9,12-13H,10-11,14-15H2,1H3. The molecule has 0 saturated heterocycles. The molecule has 5 nitrogen and oxygen atoms in total. The summed E-state index contributed by atoms with van der Waals surface area (Å²) in [5.74, 6) is -0.438. The lowest BCUT2D eigenvalue weighted by molar-refractivity contribution is -0.137. The molecule has 0 saturated carbocycles. The number of carbonyl (C=O) groups excluding carboxylic acids is 1. The van der Waals surface area contributed by atoms with E-state index < -0.39 is 23.5 Å². The summed E-state index contributed by atoms with van der Waals surface area (Å²) in [6, 6.07) is 10.4. The minimum Gasteiger partial charge on any atom is -0.383 e. The van der Waals surface area contributed by atoms with Crippen LogP contribution in [-0.4, -0.2) is 40.6 Å². The van der Waals surface area contributed by atoms with Gasteiger partial charge in [-0.15, -0.1) is 0 Å². The van der Waals surface area contributed by atoms with E-state index in [2.05, 4.69) is 4.98 Å². The third kappa shape index (κ3) is 5.91. The predicted molar refractivity (Wildman–Crippen MR) is 106 cm³/mol. The van der Waals surface area contributed by atoms with Gasteiger partial charge >= 0.3 is 6.18 Å². The molecule has 0 aliphatic rings. The zero-order valence-corrected chi connectivity index (χ0v) is 16.8. The number of hydrogen-bond donors (Lipinski definition) is 0. The highest BCUT2D eigenvalue weighted by Gasteiger charge is 2.30. The van der Waals surface area contributed by atoms with Crippen molar-refractivity contribution in [2.45, 2.75) is 19.3 Å². The Morgan fingerprint density at radius 3 is 2.65 bits per heavy atom. The van der Waals surface area contributed by atoms with Crippen molar-refractivity contribution in [3.63, 3.8) is 0 Å². The largest absolute Gasteiger partial charge is 0.416 e. The fourth-order valence-electron chi connectivity index (χ4n) is 3.11. The highest BCUT2D eigenvalue weighted by Crippen LogP contribution is 2.29. The molecule has 9 heteroatoms. The van der Waals surface area contributed by atoms with Crippen LogP contribution in [0.25, 0.3) is 0 Å². The monoisotopic (exact) mass is 435 g/mol. The first kappa shape index (κ1) is 22.5. The molecule has 164 valence electrons. The van der Waals surface area contributed by atoms with Gasteiger partial charge in [0, 0.05) is 38.2 Å². The van der Waals surface area contributed by atoms with E-state index in [-0.39, 0.29) is 31.8 Å². The van der Waals surface area contributed by atoms with E-state index in [0.717, 1.165) is 18.2 Å². The van der Waals surface area contributed by atoms with Crippen molar-refractivity contribution in [2.24, 2.45) is 0 Å². The van der Waals surface area contributed by atoms with Crippen LogP contribution in [0.4, 0.5) is 17.6 Å². The number of amides is 1. The van der Waals surface area contributed by atoms with E-state index >= 15 is 0 Å². The van der Waals surface area contributed by atoms with E-state index in [1.54, 1.807) is 16.8 Å². The fourth-order valence-corrected chi connectivity index (χ4v) is 3.11. The topological polar surface area (TPSA) is 47.4 Å². The van der Waals surface area contributed by atoms with Crippen molar-refractivity contribution in [3.05, 3.63) is 89.3 Å². The van der Waals surface area contributed by atoms with Gasteiger partial charge in [0.25, 0.3) is 5.91 Å². The van der Waals surface area contributed by atoms with Crippen molar-refractivity contribution in [1.29, 1.82) is 0 Å². The van der Waals surface area contributed by atoms with Crippen LogP contribution in [-0.2, 0) is 24.0 Å². The SMILES string of the molecule is COCCN(Cc1nccn1Cc1cccc(C(F)(F)F)c1)C(=O)c1cccc(F)c1. The fraction of sp³-hybridized carbons (Fsp3) is 0.273. The predicted octanol–water partition coefficient (Wildman–Crippen LogP) is 4.38. The quantitative estimate of drug-likeness (QED) is 0.494. The first-order valence-corrected chi connectivity index (χ1v) is 9.48. The van der Waals surface area contributed by atoms with Crippen molar-refractivity contribution in [3.8, 4) is 0 Å². The van der Waals surface area contributed by atoms with E-state index in [9.17, 15) is 22.4 Å². The van der Waals surface area contributed by atoms with Crippen molar-refractivity contribution < 1.29 is 27.1 Å². The number of alkyl halides is 3. The second-order valence-electron chi connectivity index (χ2n) is 6.90. The molecular formula is C22H21F4N3O2. The molecule has 0 fully saturated rings. The maximum Gasteiger partial charge on any atom is 0.416 e. The molecular weight excluding hydrogens is 414 g/mol. The Morgan fingerprint density at radius 2 is 1.94 bits per heavy atom. The van der Waals surface area contributed by atoms with Gasteiger partial charge in [-0.25, -0.2) is 9.37 Å². The first-order chi connectivity index (χ1) is 14.8. The number of nitrogens with zero attached hydrogens (tertiary/aromatic N) is 3. The Balaban J connectivity index is 1.81. The third-order valence-electron chi connectivity index (χ3n) is 4.67. The number of imidazole rings is 1. The minimum atomic E-state index is -4.43. The Labute approximate surface area is 176 Å². The van der Waals surface area contributed by atoms with E-state index in [1.165, 1.54) is 42.5 Å². The molecule has 3 aromatic rings. The Hall–Kier alpha value is -3.20. The summed E-state index contributed by atoms with van der Waals surface area (Å²) in [4.78, 5) is 18.6. The second-order valence-corrected chi connectivity index (χ2v) is 6.90. The lowest BCUT2D eigenvalue weighted by Crippen LogP contribution is -2.34. The van der Waals surface area contributed by atoms with Crippen LogP contribution in [0.2, 0.25) is 0 Å². The Bertz CT molecular complexity index is 1030. The van der Waals surface area contributed by atoms with Crippen molar-refractivity contribution in [2.75, 3.05) is 20.3 Å². The van der Waals surface area contributed by atoms with Gasteiger partial charge in [-0.05, 0) is 35.9 Å². The number of aromatic nitrogens is 2. The molecule has 3 rings (SSSR count). The molecule has 1 heterocycles. The maximum atomic E-state index is 13.6. The van der Waals surface area contributed by atoms with Crippen molar-refractivity contribution >= 4 is 5.91 Å². The molecule has 0 unspecified atom stereocenters. The number of carbonyl (C=O) groups is 1. The summed E-state index contributed by atoms with van der Waals surface area (Å²) in [6.45, 7) is 0.744. The van der Waals surface area contributed by atoms with Gasteiger partial charge in [-0.1, -0.05) is 18.2 Å². The van der Waals surface area contributed by atoms with Crippen molar-refractivity contribution in [1.82, 2.24) is 14.5 Å². The molecule has 0 aliphatic heterocycles. The van der Waals surface area contributed by atoms with Crippen LogP contribution in [0, 0.1) is 5.82 Å². The summed E-state index contributed by atoms with van der Waals surface area (Å²) < 4.78 is 59.3. The zero-order valence-electron chi connectivity index (χ0n) is 16.8. The summed E-state index contributed by atoms with van der Waals surface area (Å²) in [6.07, 6.45) is -1.27. The van der Waals surface area contributed by atoms with Gasteiger partial charge in [0.2, 0.25) is 0 Å². The molecule has 0 spiro atoms. The number of ether oxygens (including phenoxy) is 1. The average molecular weight is 435 g/mol. The van der Waals surface area contributed by atoms with Crippen LogP contribution in [0.3, 0.4) is 0 Å². The number of hydrogen-bond acceptors (Lipinski definition) is 3. The normalized spacial score (nSPS) is 11.5. The summed E-state index contributed by atoms with van der Waals surface area (Å²) in [5.41, 5.74) is -0.0873. The van der Waals surface area contributed by atoms with Crippen LogP contribution < -0.4 is 0 Å². The lowest BCUT2D eigenvalue weighted by atomic mass is 10.1. The Kier molecular flexibility index (Phi) is 7.06.